The summed E-state index contributed by atoms with van der Waals surface area (Å²) in [7, 11) is 0. The van der Waals surface area contributed by atoms with Crippen molar-refractivity contribution in [2.24, 2.45) is 0 Å². The molecule has 1 fully saturated rings. The summed E-state index contributed by atoms with van der Waals surface area (Å²) in [4.78, 5) is 0. The predicted octanol–water partition coefficient (Wildman–Crippen LogP) is 4.31. The normalized spacial score (nSPS) is 16.5. The van der Waals surface area contributed by atoms with E-state index in [9.17, 15) is 13.2 Å². The molecule has 1 aliphatic rings. The molecule has 0 saturated heterocycles. The fourth-order valence-electron chi connectivity index (χ4n) is 1.63. The molecule has 1 N–H and O–H groups in total. The van der Waals surface area contributed by atoms with Crippen LogP contribution in [0.15, 0.2) is 22.7 Å². The molecule has 0 heterocycles. The number of hydrogen-bond acceptors (Lipinski definition) is 2. The van der Waals surface area contributed by atoms with Crippen molar-refractivity contribution in [2.45, 2.75) is 31.7 Å². The van der Waals surface area contributed by atoms with E-state index in [0.717, 1.165) is 19.3 Å². The van der Waals surface area contributed by atoms with Crippen LogP contribution in [0.5, 0.6) is 5.75 Å². The molecule has 1 saturated carbocycles. The lowest BCUT2D eigenvalue weighted by atomic mass is 9.93. The third-order valence-electron chi connectivity index (χ3n) is 2.58. The van der Waals surface area contributed by atoms with Crippen LogP contribution in [0.3, 0.4) is 0 Å². The van der Waals surface area contributed by atoms with Gasteiger partial charge in [0.15, 0.2) is 0 Å². The molecular weight excluding hydrogens is 299 g/mol. The van der Waals surface area contributed by atoms with E-state index in [-0.39, 0.29) is 5.75 Å². The van der Waals surface area contributed by atoms with E-state index < -0.39 is 6.36 Å². The van der Waals surface area contributed by atoms with Crippen LogP contribution in [-0.4, -0.2) is 12.4 Å². The maximum atomic E-state index is 12.1. The van der Waals surface area contributed by atoms with Crippen molar-refractivity contribution in [3.63, 3.8) is 0 Å². The lowest BCUT2D eigenvalue weighted by molar-refractivity contribution is -0.274. The van der Waals surface area contributed by atoms with E-state index in [1.54, 1.807) is 6.07 Å². The fourth-order valence-corrected chi connectivity index (χ4v) is 2.10. The first kappa shape index (κ1) is 12.5. The van der Waals surface area contributed by atoms with Crippen molar-refractivity contribution in [1.29, 1.82) is 0 Å². The summed E-state index contributed by atoms with van der Waals surface area (Å²) in [5.74, 6) is -0.214. The molecule has 0 bridgehead atoms. The van der Waals surface area contributed by atoms with Gasteiger partial charge < -0.3 is 10.1 Å². The van der Waals surface area contributed by atoms with Crippen LogP contribution < -0.4 is 10.1 Å². The molecule has 0 spiro atoms. The minimum atomic E-state index is -4.66. The van der Waals surface area contributed by atoms with E-state index >= 15 is 0 Å². The molecule has 0 atom stereocenters. The minimum Gasteiger partial charge on any atom is -0.406 e. The fraction of sp³-hybridized carbons (Fsp3) is 0.455. The van der Waals surface area contributed by atoms with Gasteiger partial charge in [0, 0.05) is 22.3 Å². The number of alkyl halides is 3. The maximum absolute atomic E-state index is 12.1. The Labute approximate surface area is 105 Å². The summed E-state index contributed by atoms with van der Waals surface area (Å²) in [5.41, 5.74) is 0.642. The van der Waals surface area contributed by atoms with Gasteiger partial charge >= 0.3 is 6.36 Å². The van der Waals surface area contributed by atoms with E-state index in [2.05, 4.69) is 26.0 Å². The van der Waals surface area contributed by atoms with Crippen LogP contribution in [0, 0.1) is 0 Å². The Morgan fingerprint density at radius 2 is 1.94 bits per heavy atom. The number of benzene rings is 1. The third-order valence-corrected chi connectivity index (χ3v) is 3.04. The molecule has 94 valence electrons. The summed E-state index contributed by atoms with van der Waals surface area (Å²) in [6, 6.07) is 4.75. The zero-order valence-electron chi connectivity index (χ0n) is 8.85. The van der Waals surface area contributed by atoms with Crippen LogP contribution in [-0.2, 0) is 0 Å². The van der Waals surface area contributed by atoms with Crippen LogP contribution in [0.25, 0.3) is 0 Å². The lowest BCUT2D eigenvalue weighted by Gasteiger charge is -2.27. The lowest BCUT2D eigenvalue weighted by Crippen LogP contribution is -2.27. The summed E-state index contributed by atoms with van der Waals surface area (Å²) < 4.78 is 40.7. The van der Waals surface area contributed by atoms with Gasteiger partial charge in [0.1, 0.15) is 5.75 Å². The van der Waals surface area contributed by atoms with Crippen LogP contribution in [0.2, 0.25) is 0 Å². The first-order valence-electron chi connectivity index (χ1n) is 5.25. The van der Waals surface area contributed by atoms with Crippen LogP contribution >= 0.6 is 15.9 Å². The van der Waals surface area contributed by atoms with Crippen molar-refractivity contribution in [3.05, 3.63) is 22.7 Å². The van der Waals surface area contributed by atoms with E-state index in [0.29, 0.717) is 16.2 Å². The molecule has 1 aliphatic carbocycles. The SMILES string of the molecule is FC(F)(F)Oc1cc(Br)cc(NC2CCC2)c1. The molecule has 0 aliphatic heterocycles. The van der Waals surface area contributed by atoms with Gasteiger partial charge in [-0.2, -0.15) is 0 Å². The van der Waals surface area contributed by atoms with Crippen molar-refractivity contribution in [2.75, 3.05) is 5.32 Å². The Kier molecular flexibility index (Phi) is 3.51. The number of ether oxygens (including phenoxy) is 1. The number of halogens is 4. The van der Waals surface area contributed by atoms with Gasteiger partial charge in [-0.1, -0.05) is 15.9 Å². The Bertz CT molecular complexity index is 404. The van der Waals surface area contributed by atoms with Crippen molar-refractivity contribution >= 4 is 21.6 Å². The molecular formula is C11H11BrF3NO. The molecule has 2 nitrogen and oxygen atoms in total. The molecule has 1 aromatic rings. The highest BCUT2D eigenvalue weighted by Crippen LogP contribution is 2.31. The monoisotopic (exact) mass is 309 g/mol. The standard InChI is InChI=1S/C11H11BrF3NO/c12-7-4-9(16-8-2-1-3-8)6-10(5-7)17-11(13,14)15/h4-6,8,16H,1-3H2. The van der Waals surface area contributed by atoms with Gasteiger partial charge in [0.05, 0.1) is 0 Å². The molecule has 1 aromatic carbocycles. The van der Waals surface area contributed by atoms with Gasteiger partial charge in [0.25, 0.3) is 0 Å². The van der Waals surface area contributed by atoms with Gasteiger partial charge in [-0.3, -0.25) is 0 Å². The molecule has 17 heavy (non-hydrogen) atoms. The van der Waals surface area contributed by atoms with E-state index in [4.69, 9.17) is 0 Å². The zero-order valence-corrected chi connectivity index (χ0v) is 10.4. The Morgan fingerprint density at radius 3 is 2.47 bits per heavy atom. The average molecular weight is 310 g/mol. The highest BCUT2D eigenvalue weighted by molar-refractivity contribution is 9.10. The molecule has 6 heteroatoms. The average Bonchev–Trinajstić information content (AvgIpc) is 2.07. The number of rotatable bonds is 3. The Hall–Kier alpha value is -0.910. The quantitative estimate of drug-likeness (QED) is 0.898. The van der Waals surface area contributed by atoms with Gasteiger partial charge in [-0.25, -0.2) is 0 Å². The number of nitrogens with one attached hydrogen (secondary N) is 1. The maximum Gasteiger partial charge on any atom is 0.573 e. The molecule has 2 rings (SSSR count). The first-order chi connectivity index (χ1) is 7.92. The van der Waals surface area contributed by atoms with Crippen LogP contribution in [0.1, 0.15) is 19.3 Å². The van der Waals surface area contributed by atoms with Gasteiger partial charge in [-0.15, -0.1) is 13.2 Å². The molecule has 0 amide bonds. The highest BCUT2D eigenvalue weighted by atomic mass is 79.9. The number of hydrogen-bond donors (Lipinski definition) is 1. The summed E-state index contributed by atoms with van der Waals surface area (Å²) in [6.45, 7) is 0. The third kappa shape index (κ3) is 3.80. The van der Waals surface area contributed by atoms with Crippen LogP contribution in [0.4, 0.5) is 18.9 Å². The van der Waals surface area contributed by atoms with E-state index in [1.807, 2.05) is 0 Å². The second-order valence-corrected chi connectivity index (χ2v) is 4.91. The second kappa shape index (κ2) is 4.76. The molecule has 0 aromatic heterocycles. The minimum absolute atomic E-state index is 0.214. The second-order valence-electron chi connectivity index (χ2n) is 4.00. The smallest absolute Gasteiger partial charge is 0.406 e. The first-order valence-corrected chi connectivity index (χ1v) is 6.04. The zero-order chi connectivity index (χ0) is 12.5. The Balaban J connectivity index is 2.10. The largest absolute Gasteiger partial charge is 0.573 e. The molecule has 0 unspecified atom stereocenters. The van der Waals surface area contributed by atoms with Crippen molar-refractivity contribution < 1.29 is 17.9 Å². The highest BCUT2D eigenvalue weighted by Gasteiger charge is 2.31. The topological polar surface area (TPSA) is 21.3 Å². The van der Waals surface area contributed by atoms with Crippen molar-refractivity contribution in [1.82, 2.24) is 0 Å². The summed E-state index contributed by atoms with van der Waals surface area (Å²) >= 11 is 3.16. The predicted molar refractivity (Wildman–Crippen MR) is 62.1 cm³/mol. The molecule has 0 radical (unpaired) electrons. The van der Waals surface area contributed by atoms with Gasteiger partial charge in [0.2, 0.25) is 0 Å². The summed E-state index contributed by atoms with van der Waals surface area (Å²) in [6.07, 6.45) is -1.38. The number of anilines is 1. The Morgan fingerprint density at radius 1 is 1.24 bits per heavy atom. The summed E-state index contributed by atoms with van der Waals surface area (Å²) in [5, 5.41) is 3.17. The van der Waals surface area contributed by atoms with Gasteiger partial charge in [-0.05, 0) is 31.4 Å². The van der Waals surface area contributed by atoms with Crippen molar-refractivity contribution in [3.8, 4) is 5.75 Å². The van der Waals surface area contributed by atoms with E-state index in [1.165, 1.54) is 12.1 Å².